The number of rotatable bonds is 14. The zero-order chi connectivity index (χ0) is 33.7. The predicted octanol–water partition coefficient (Wildman–Crippen LogP) is 4.65. The Bertz CT molecular complexity index is 1850. The highest BCUT2D eigenvalue weighted by atomic mass is 32.2. The Morgan fingerprint density at radius 2 is 1.87 bits per heavy atom. The van der Waals surface area contributed by atoms with Crippen molar-refractivity contribution in [1.29, 1.82) is 0 Å². The van der Waals surface area contributed by atoms with Gasteiger partial charge in [0.2, 0.25) is 10.0 Å². The highest BCUT2D eigenvalue weighted by molar-refractivity contribution is 7.89. The number of hydrogen-bond donors (Lipinski definition) is 2. The van der Waals surface area contributed by atoms with E-state index in [1.165, 1.54) is 33.5 Å². The summed E-state index contributed by atoms with van der Waals surface area (Å²) in [6, 6.07) is 19.6. The molecule has 0 unspecified atom stereocenters. The number of ether oxygens (including phenoxy) is 1. The van der Waals surface area contributed by atoms with Gasteiger partial charge in [-0.05, 0) is 55.2 Å². The minimum atomic E-state index is -4.04. The number of carbonyl (C=O) groups excluding carboxylic acids is 3. The average Bonchev–Trinajstić information content (AvgIpc) is 3.70. The molecular formula is C34H38N4O7S2. The maximum Gasteiger partial charge on any atom is 0.415 e. The fourth-order valence-corrected chi connectivity index (χ4v) is 7.75. The lowest BCUT2D eigenvalue weighted by Crippen LogP contribution is -2.53. The second-order valence-electron chi connectivity index (χ2n) is 11.8. The molecule has 0 saturated carbocycles. The quantitative estimate of drug-likeness (QED) is 0.183. The number of hydrogen-bond acceptors (Lipinski definition) is 9. The normalized spacial score (nSPS) is 17.0. The van der Waals surface area contributed by atoms with Crippen LogP contribution in [0.3, 0.4) is 0 Å². The van der Waals surface area contributed by atoms with Crippen molar-refractivity contribution in [1.82, 2.24) is 14.6 Å². The molecule has 3 aromatic carbocycles. The van der Waals surface area contributed by atoms with Crippen molar-refractivity contribution in [2.24, 2.45) is 5.92 Å². The molecular weight excluding hydrogens is 641 g/mol. The van der Waals surface area contributed by atoms with Crippen LogP contribution in [0.5, 0.6) is 0 Å². The molecule has 0 aliphatic carbocycles. The summed E-state index contributed by atoms with van der Waals surface area (Å²) < 4.78 is 35.4. The number of amides is 2. The molecule has 13 heteroatoms. The van der Waals surface area contributed by atoms with Gasteiger partial charge in [0.05, 0.1) is 39.3 Å². The summed E-state index contributed by atoms with van der Waals surface area (Å²) in [4.78, 5) is 43.8. The van der Waals surface area contributed by atoms with Crippen LogP contribution in [0.15, 0.2) is 83.2 Å². The molecule has 1 fully saturated rings. The van der Waals surface area contributed by atoms with Crippen LogP contribution in [-0.2, 0) is 26.0 Å². The highest BCUT2D eigenvalue weighted by Crippen LogP contribution is 2.26. The molecule has 2 heterocycles. The van der Waals surface area contributed by atoms with Crippen LogP contribution in [0.1, 0.15) is 43.1 Å². The summed E-state index contributed by atoms with van der Waals surface area (Å²) in [5, 5.41) is 14.5. The SMILES string of the molecule is CC[C@H](C)CN(C[C@@H](O)[C@H](Cc1ccccc1)NC(=O)[C@@H]1CN(c2cccc(C(C)=O)c2)C(=O)O1)S(=O)(=O)c1ccc2ncsc2c1. The maximum atomic E-state index is 14.0. The Morgan fingerprint density at radius 3 is 2.60 bits per heavy atom. The maximum absolute atomic E-state index is 14.0. The third-order valence-corrected chi connectivity index (χ3v) is 10.9. The Morgan fingerprint density at radius 1 is 1.11 bits per heavy atom. The van der Waals surface area contributed by atoms with Crippen molar-refractivity contribution < 1.29 is 32.6 Å². The van der Waals surface area contributed by atoms with E-state index < -0.39 is 40.3 Å². The largest absolute Gasteiger partial charge is 0.434 e. The number of nitrogens with one attached hydrogen (secondary N) is 1. The van der Waals surface area contributed by atoms with Gasteiger partial charge in [-0.25, -0.2) is 18.2 Å². The van der Waals surface area contributed by atoms with Crippen molar-refractivity contribution in [3.63, 3.8) is 0 Å². The Hall–Kier alpha value is -4.17. The number of Topliss-reactive ketones (excluding diaryl/α,β-unsaturated/α-hetero) is 1. The van der Waals surface area contributed by atoms with Gasteiger partial charge in [-0.2, -0.15) is 4.31 Å². The van der Waals surface area contributed by atoms with Crippen LogP contribution in [0.25, 0.3) is 10.2 Å². The van der Waals surface area contributed by atoms with Gasteiger partial charge in [-0.3, -0.25) is 14.5 Å². The van der Waals surface area contributed by atoms with Crippen molar-refractivity contribution >= 4 is 55.0 Å². The highest BCUT2D eigenvalue weighted by Gasteiger charge is 2.39. The molecule has 11 nitrogen and oxygen atoms in total. The summed E-state index contributed by atoms with van der Waals surface area (Å²) in [6.45, 7) is 5.11. The smallest absolute Gasteiger partial charge is 0.415 e. The van der Waals surface area contributed by atoms with E-state index in [2.05, 4.69) is 10.3 Å². The number of aromatic nitrogens is 1. The van der Waals surface area contributed by atoms with Crippen LogP contribution in [0.4, 0.5) is 10.5 Å². The lowest BCUT2D eigenvalue weighted by Gasteiger charge is -2.31. The summed E-state index contributed by atoms with van der Waals surface area (Å²) in [6.07, 6.45) is -2.33. The van der Waals surface area contributed by atoms with Crippen molar-refractivity contribution in [3.05, 3.63) is 89.4 Å². The molecule has 5 rings (SSSR count). The minimum Gasteiger partial charge on any atom is -0.434 e. The fraction of sp³-hybridized carbons (Fsp3) is 0.353. The number of aliphatic hydroxyl groups excluding tert-OH is 1. The average molecular weight is 679 g/mol. The minimum absolute atomic E-state index is 0.00309. The second-order valence-corrected chi connectivity index (χ2v) is 14.6. The summed E-state index contributed by atoms with van der Waals surface area (Å²) in [5.41, 5.74) is 4.00. The van der Waals surface area contributed by atoms with E-state index in [9.17, 15) is 27.9 Å². The number of thiazole rings is 1. The molecule has 1 aliphatic rings. The number of cyclic esters (lactones) is 1. The van der Waals surface area contributed by atoms with Crippen molar-refractivity contribution in [3.8, 4) is 0 Å². The first-order valence-electron chi connectivity index (χ1n) is 15.4. The van der Waals surface area contributed by atoms with Crippen LogP contribution in [-0.4, -0.2) is 78.5 Å². The molecule has 1 aromatic heterocycles. The number of ketones is 1. The van der Waals surface area contributed by atoms with Crippen LogP contribution in [0, 0.1) is 5.92 Å². The number of benzene rings is 3. The van der Waals surface area contributed by atoms with Gasteiger partial charge in [0.1, 0.15) is 0 Å². The summed E-state index contributed by atoms with van der Waals surface area (Å²) in [7, 11) is -4.04. The molecule has 1 saturated heterocycles. The number of nitrogens with zero attached hydrogens (tertiary/aromatic N) is 3. The number of sulfonamides is 1. The molecule has 2 amide bonds. The van der Waals surface area contributed by atoms with E-state index in [0.29, 0.717) is 16.8 Å². The predicted molar refractivity (Wildman–Crippen MR) is 180 cm³/mol. The van der Waals surface area contributed by atoms with Gasteiger partial charge in [0.15, 0.2) is 11.9 Å². The third kappa shape index (κ3) is 8.04. The zero-order valence-corrected chi connectivity index (χ0v) is 28.0. The van der Waals surface area contributed by atoms with E-state index >= 15 is 0 Å². The standard InChI is InChI=1S/C34H38N4O7S2/c1-4-22(2)18-37(47(43,44)27-13-14-28-32(17-27)46-21-35-28)19-30(40)29(15-24-9-6-5-7-10-24)36-33(41)31-20-38(34(42)45-31)26-12-8-11-25(16-26)23(3)39/h5-14,16-17,21-22,29-31,40H,4,15,18-20H2,1-3H3,(H,36,41)/t22-,29-,30+,31-/m0/s1. The Balaban J connectivity index is 1.37. The number of carbonyl (C=O) groups is 3. The molecule has 248 valence electrons. The molecule has 0 bridgehead atoms. The van der Waals surface area contributed by atoms with Gasteiger partial charge < -0.3 is 15.2 Å². The number of anilines is 1. The number of fused-ring (bicyclic) bond motifs is 1. The first kappa shape index (κ1) is 34.2. The summed E-state index contributed by atoms with van der Waals surface area (Å²) in [5.74, 6) is -0.799. The lowest BCUT2D eigenvalue weighted by molar-refractivity contribution is -0.129. The topological polar surface area (TPSA) is 146 Å². The van der Waals surface area contributed by atoms with E-state index in [0.717, 1.165) is 16.7 Å². The van der Waals surface area contributed by atoms with Gasteiger partial charge in [-0.1, -0.05) is 62.7 Å². The molecule has 1 aliphatic heterocycles. The van der Waals surface area contributed by atoms with Crippen molar-refractivity contribution in [2.75, 3.05) is 24.5 Å². The monoisotopic (exact) mass is 678 g/mol. The Labute approximate surface area is 278 Å². The first-order chi connectivity index (χ1) is 22.5. The van der Waals surface area contributed by atoms with E-state index in [4.69, 9.17) is 4.74 Å². The molecule has 0 radical (unpaired) electrons. The number of aliphatic hydroxyl groups is 1. The van der Waals surface area contributed by atoms with E-state index in [1.54, 1.807) is 41.9 Å². The van der Waals surface area contributed by atoms with Crippen molar-refractivity contribution in [2.45, 2.75) is 56.8 Å². The van der Waals surface area contributed by atoms with E-state index in [-0.39, 0.29) is 42.7 Å². The zero-order valence-electron chi connectivity index (χ0n) is 26.4. The molecule has 4 atom stereocenters. The van der Waals surface area contributed by atoms with Crippen LogP contribution < -0.4 is 10.2 Å². The molecule has 4 aromatic rings. The summed E-state index contributed by atoms with van der Waals surface area (Å²) >= 11 is 1.34. The molecule has 47 heavy (non-hydrogen) atoms. The van der Waals surface area contributed by atoms with Gasteiger partial charge in [0, 0.05) is 24.3 Å². The van der Waals surface area contributed by atoms with E-state index in [1.807, 2.05) is 44.2 Å². The lowest BCUT2D eigenvalue weighted by atomic mass is 10.0. The third-order valence-electron chi connectivity index (χ3n) is 8.30. The fourth-order valence-electron chi connectivity index (χ4n) is 5.36. The van der Waals surface area contributed by atoms with Gasteiger partial charge in [-0.15, -0.1) is 11.3 Å². The molecule has 2 N–H and O–H groups in total. The van der Waals surface area contributed by atoms with Gasteiger partial charge >= 0.3 is 6.09 Å². The Kier molecular flexibility index (Phi) is 10.7. The van der Waals surface area contributed by atoms with Gasteiger partial charge in [0.25, 0.3) is 5.91 Å². The first-order valence-corrected chi connectivity index (χ1v) is 17.7. The van der Waals surface area contributed by atoms with Crippen LogP contribution >= 0.6 is 11.3 Å². The molecule has 0 spiro atoms. The second kappa shape index (κ2) is 14.7. The van der Waals surface area contributed by atoms with Crippen LogP contribution in [0.2, 0.25) is 0 Å².